The van der Waals surface area contributed by atoms with Gasteiger partial charge in [0.05, 0.1) is 10.6 Å². The summed E-state index contributed by atoms with van der Waals surface area (Å²) in [4.78, 5) is 31.7. The first-order valence-electron chi connectivity index (χ1n) is 8.04. The van der Waals surface area contributed by atoms with Gasteiger partial charge in [-0.05, 0) is 54.0 Å². The molecule has 132 valence electrons. The van der Waals surface area contributed by atoms with E-state index in [1.165, 1.54) is 23.1 Å². The van der Waals surface area contributed by atoms with Crippen LogP contribution in [-0.4, -0.2) is 26.2 Å². The third-order valence-corrected chi connectivity index (χ3v) is 5.91. The minimum absolute atomic E-state index is 0.0183. The fraction of sp³-hybridized carbons (Fsp3) is 0.588. The molecule has 7 heteroatoms. The van der Waals surface area contributed by atoms with Crippen molar-refractivity contribution in [3.8, 4) is 0 Å². The van der Waals surface area contributed by atoms with Gasteiger partial charge in [0.1, 0.15) is 4.83 Å². The van der Waals surface area contributed by atoms with Crippen molar-refractivity contribution < 1.29 is 4.79 Å². The van der Waals surface area contributed by atoms with Crippen molar-refractivity contribution >= 4 is 39.2 Å². The lowest BCUT2D eigenvalue weighted by Crippen LogP contribution is -2.44. The summed E-state index contributed by atoms with van der Waals surface area (Å²) in [5.41, 5.74) is 0.704. The predicted molar refractivity (Wildman–Crippen MR) is 102 cm³/mol. The molecule has 0 fully saturated rings. The zero-order valence-corrected chi connectivity index (χ0v) is 16.9. The highest BCUT2D eigenvalue weighted by molar-refractivity contribution is 8.00. The number of hydrogen-bond acceptors (Lipinski definition) is 5. The molecule has 2 aromatic rings. The van der Waals surface area contributed by atoms with E-state index in [1.807, 2.05) is 48.5 Å². The first-order valence-corrected chi connectivity index (χ1v) is 9.74. The van der Waals surface area contributed by atoms with Crippen LogP contribution in [0.2, 0.25) is 0 Å². The van der Waals surface area contributed by atoms with Gasteiger partial charge in [0.25, 0.3) is 5.56 Å². The first kappa shape index (κ1) is 19.0. The fourth-order valence-corrected chi connectivity index (χ4v) is 4.40. The second-order valence-electron chi connectivity index (χ2n) is 6.91. The van der Waals surface area contributed by atoms with Gasteiger partial charge in [-0.15, -0.1) is 11.3 Å². The van der Waals surface area contributed by atoms with Gasteiger partial charge in [-0.25, -0.2) is 4.98 Å². The standard InChI is InChI=1S/C17H25N3O2S2/c1-8-20-15(22)12-9(2)10(3)23-14(12)18-16(20)24-11(4)13(21)19-17(5,6)7/h11H,8H2,1-7H3,(H,19,21)/t11-/m0/s1. The molecule has 2 heterocycles. The minimum atomic E-state index is -0.325. The molecule has 0 saturated carbocycles. The summed E-state index contributed by atoms with van der Waals surface area (Å²) in [6, 6.07) is 0. The van der Waals surface area contributed by atoms with E-state index >= 15 is 0 Å². The predicted octanol–water partition coefficient (Wildman–Crippen LogP) is 3.49. The number of hydrogen-bond donors (Lipinski definition) is 1. The number of thioether (sulfide) groups is 1. The topological polar surface area (TPSA) is 64.0 Å². The number of rotatable bonds is 4. The lowest BCUT2D eigenvalue weighted by atomic mass is 10.1. The van der Waals surface area contributed by atoms with Crippen LogP contribution in [0.5, 0.6) is 0 Å². The van der Waals surface area contributed by atoms with Gasteiger partial charge in [0, 0.05) is 17.0 Å². The highest BCUT2D eigenvalue weighted by Gasteiger charge is 2.23. The Morgan fingerprint density at radius 2 is 2.00 bits per heavy atom. The third-order valence-electron chi connectivity index (χ3n) is 3.72. The van der Waals surface area contributed by atoms with E-state index in [0.717, 1.165) is 15.3 Å². The number of aryl methyl sites for hydroxylation is 2. The Kier molecular flexibility index (Phi) is 5.44. The second-order valence-corrected chi connectivity index (χ2v) is 9.42. The Morgan fingerprint density at radius 3 is 2.54 bits per heavy atom. The molecule has 0 radical (unpaired) electrons. The van der Waals surface area contributed by atoms with Crippen molar-refractivity contribution in [1.29, 1.82) is 0 Å². The first-order chi connectivity index (χ1) is 11.0. The number of amides is 1. The zero-order chi connectivity index (χ0) is 18.2. The molecule has 0 aliphatic rings. The summed E-state index contributed by atoms with van der Waals surface area (Å²) in [5, 5.41) is 3.95. The average molecular weight is 368 g/mol. The van der Waals surface area contributed by atoms with Crippen LogP contribution in [-0.2, 0) is 11.3 Å². The molecular formula is C17H25N3O2S2. The third kappa shape index (κ3) is 3.83. The van der Waals surface area contributed by atoms with Crippen LogP contribution in [0.3, 0.4) is 0 Å². The van der Waals surface area contributed by atoms with Crippen molar-refractivity contribution in [1.82, 2.24) is 14.9 Å². The number of carbonyl (C=O) groups excluding carboxylic acids is 1. The number of nitrogens with zero attached hydrogens (tertiary/aromatic N) is 2. The molecule has 0 aliphatic carbocycles. The van der Waals surface area contributed by atoms with E-state index in [4.69, 9.17) is 0 Å². The Balaban J connectivity index is 2.42. The molecule has 1 amide bonds. The SMILES string of the molecule is CCn1c(S[C@@H](C)C(=O)NC(C)(C)C)nc2sc(C)c(C)c2c1=O. The molecule has 2 aromatic heterocycles. The molecule has 1 N–H and O–H groups in total. The summed E-state index contributed by atoms with van der Waals surface area (Å²) >= 11 is 2.87. The minimum Gasteiger partial charge on any atom is -0.351 e. The molecule has 24 heavy (non-hydrogen) atoms. The Bertz CT molecular complexity index is 831. The molecule has 0 aliphatic heterocycles. The second kappa shape index (κ2) is 6.88. The monoisotopic (exact) mass is 367 g/mol. The molecule has 5 nitrogen and oxygen atoms in total. The van der Waals surface area contributed by atoms with Gasteiger partial charge < -0.3 is 5.32 Å². The molecule has 0 spiro atoms. The van der Waals surface area contributed by atoms with Crippen LogP contribution in [0.1, 0.15) is 45.1 Å². The molecular weight excluding hydrogens is 342 g/mol. The summed E-state index contributed by atoms with van der Waals surface area (Å²) < 4.78 is 1.66. The van der Waals surface area contributed by atoms with Crippen molar-refractivity contribution in [2.24, 2.45) is 0 Å². The lowest BCUT2D eigenvalue weighted by molar-refractivity contribution is -0.121. The smallest absolute Gasteiger partial charge is 0.263 e. The highest BCUT2D eigenvalue weighted by Crippen LogP contribution is 2.29. The van der Waals surface area contributed by atoms with Crippen LogP contribution in [0.25, 0.3) is 10.2 Å². The Labute approximate surface area is 150 Å². The maximum absolute atomic E-state index is 12.8. The number of nitrogens with one attached hydrogen (secondary N) is 1. The Morgan fingerprint density at radius 1 is 1.38 bits per heavy atom. The van der Waals surface area contributed by atoms with E-state index in [9.17, 15) is 9.59 Å². The highest BCUT2D eigenvalue weighted by atomic mass is 32.2. The molecule has 0 aromatic carbocycles. The van der Waals surface area contributed by atoms with Gasteiger partial charge in [-0.2, -0.15) is 0 Å². The average Bonchev–Trinajstić information content (AvgIpc) is 2.72. The zero-order valence-electron chi connectivity index (χ0n) is 15.3. The van der Waals surface area contributed by atoms with Crippen LogP contribution in [0.4, 0.5) is 0 Å². The van der Waals surface area contributed by atoms with E-state index in [2.05, 4.69) is 10.3 Å². The van der Waals surface area contributed by atoms with E-state index in [0.29, 0.717) is 17.1 Å². The van der Waals surface area contributed by atoms with Gasteiger partial charge >= 0.3 is 0 Å². The summed E-state index contributed by atoms with van der Waals surface area (Å²) in [5.74, 6) is -0.0527. The van der Waals surface area contributed by atoms with E-state index in [1.54, 1.807) is 4.57 Å². The number of carbonyl (C=O) groups is 1. The van der Waals surface area contributed by atoms with Crippen LogP contribution in [0.15, 0.2) is 9.95 Å². The van der Waals surface area contributed by atoms with E-state index in [-0.39, 0.29) is 22.3 Å². The maximum Gasteiger partial charge on any atom is 0.263 e. The van der Waals surface area contributed by atoms with Gasteiger partial charge in [-0.1, -0.05) is 11.8 Å². The van der Waals surface area contributed by atoms with Gasteiger partial charge in [-0.3, -0.25) is 14.2 Å². The molecule has 0 saturated heterocycles. The van der Waals surface area contributed by atoms with Crippen molar-refractivity contribution in [2.45, 2.75) is 71.0 Å². The van der Waals surface area contributed by atoms with Gasteiger partial charge in [0.15, 0.2) is 5.16 Å². The van der Waals surface area contributed by atoms with Crippen molar-refractivity contribution in [3.05, 3.63) is 20.8 Å². The van der Waals surface area contributed by atoms with Gasteiger partial charge in [0.2, 0.25) is 5.91 Å². The van der Waals surface area contributed by atoms with E-state index < -0.39 is 0 Å². The molecule has 2 rings (SSSR count). The number of thiophene rings is 1. The van der Waals surface area contributed by atoms with Crippen LogP contribution in [0, 0.1) is 13.8 Å². The quantitative estimate of drug-likeness (QED) is 0.664. The van der Waals surface area contributed by atoms with Crippen molar-refractivity contribution in [2.75, 3.05) is 0 Å². The van der Waals surface area contributed by atoms with Crippen molar-refractivity contribution in [3.63, 3.8) is 0 Å². The normalized spacial score (nSPS) is 13.3. The number of aromatic nitrogens is 2. The molecule has 0 bridgehead atoms. The summed E-state index contributed by atoms with van der Waals surface area (Å²) in [6.45, 7) is 14.1. The maximum atomic E-state index is 12.8. The summed E-state index contributed by atoms with van der Waals surface area (Å²) in [6.07, 6.45) is 0. The van der Waals surface area contributed by atoms with Crippen LogP contribution >= 0.6 is 23.1 Å². The Hall–Kier alpha value is -1.34. The number of fused-ring (bicyclic) bond motifs is 1. The molecule has 1 atom stereocenters. The largest absolute Gasteiger partial charge is 0.351 e. The summed E-state index contributed by atoms with van der Waals surface area (Å²) in [7, 11) is 0. The van der Waals surface area contributed by atoms with Crippen LogP contribution < -0.4 is 10.9 Å². The lowest BCUT2D eigenvalue weighted by Gasteiger charge is -2.23. The fourth-order valence-electron chi connectivity index (χ4n) is 2.36. The molecule has 0 unspecified atom stereocenters.